The Bertz CT molecular complexity index is 561. The Hall–Kier alpha value is -1.90. The number of hydrogen-bond acceptors (Lipinski definition) is 3. The molecule has 0 aliphatic carbocycles. The fraction of sp³-hybridized carbons (Fsp3) is 0.231. The molecule has 1 heterocycles. The number of carbonyl (C=O) groups is 1. The Morgan fingerprint density at radius 1 is 1.31 bits per heavy atom. The van der Waals surface area contributed by atoms with Crippen LogP contribution in [0.1, 0.15) is 23.0 Å². The standard InChI is InChI=1S/C13H13NO2/c1-8-12(9(2)15)13(16-3)10-6-4-5-7-11(10)14-8/h4-7H,1-3H3. The lowest BCUT2D eigenvalue weighted by molar-refractivity contribution is 0.101. The SMILES string of the molecule is COc1c(C(C)=O)c(C)nc2ccccc12. The molecule has 0 amide bonds. The maximum atomic E-state index is 11.6. The highest BCUT2D eigenvalue weighted by atomic mass is 16.5. The van der Waals surface area contributed by atoms with Crippen molar-refractivity contribution in [3.8, 4) is 5.75 Å². The van der Waals surface area contributed by atoms with Crippen LogP contribution in [-0.2, 0) is 0 Å². The van der Waals surface area contributed by atoms with Gasteiger partial charge in [-0.15, -0.1) is 0 Å². The predicted octanol–water partition coefficient (Wildman–Crippen LogP) is 2.75. The van der Waals surface area contributed by atoms with Gasteiger partial charge < -0.3 is 4.74 Å². The molecule has 3 heteroatoms. The smallest absolute Gasteiger partial charge is 0.165 e. The summed E-state index contributed by atoms with van der Waals surface area (Å²) in [5, 5.41) is 0.876. The van der Waals surface area contributed by atoms with Crippen molar-refractivity contribution in [1.82, 2.24) is 4.98 Å². The van der Waals surface area contributed by atoms with Gasteiger partial charge in [0.2, 0.25) is 0 Å². The van der Waals surface area contributed by atoms with Crippen molar-refractivity contribution in [3.63, 3.8) is 0 Å². The molecule has 0 aliphatic rings. The van der Waals surface area contributed by atoms with Gasteiger partial charge in [-0.05, 0) is 26.0 Å². The van der Waals surface area contributed by atoms with E-state index in [1.807, 2.05) is 31.2 Å². The summed E-state index contributed by atoms with van der Waals surface area (Å²) < 4.78 is 5.34. The zero-order chi connectivity index (χ0) is 11.7. The van der Waals surface area contributed by atoms with Gasteiger partial charge in [0.15, 0.2) is 5.78 Å². The molecular formula is C13H13NO2. The average Bonchev–Trinajstić information content (AvgIpc) is 2.26. The molecule has 0 radical (unpaired) electrons. The summed E-state index contributed by atoms with van der Waals surface area (Å²) in [7, 11) is 1.58. The molecular weight excluding hydrogens is 202 g/mol. The van der Waals surface area contributed by atoms with Gasteiger partial charge in [-0.2, -0.15) is 0 Å². The van der Waals surface area contributed by atoms with Gasteiger partial charge in [0, 0.05) is 5.39 Å². The number of nitrogens with zero attached hydrogens (tertiary/aromatic N) is 1. The van der Waals surface area contributed by atoms with Gasteiger partial charge in [0.25, 0.3) is 0 Å². The monoisotopic (exact) mass is 215 g/mol. The number of benzene rings is 1. The lowest BCUT2D eigenvalue weighted by Gasteiger charge is -2.11. The number of ether oxygens (including phenoxy) is 1. The summed E-state index contributed by atoms with van der Waals surface area (Å²) in [5.74, 6) is 0.600. The molecule has 0 fully saturated rings. The van der Waals surface area contributed by atoms with E-state index in [1.165, 1.54) is 6.92 Å². The Morgan fingerprint density at radius 2 is 2.00 bits per heavy atom. The van der Waals surface area contributed by atoms with Gasteiger partial charge in [-0.3, -0.25) is 9.78 Å². The summed E-state index contributed by atoms with van der Waals surface area (Å²) in [6.07, 6.45) is 0. The van der Waals surface area contributed by atoms with Crippen molar-refractivity contribution in [3.05, 3.63) is 35.5 Å². The second kappa shape index (κ2) is 3.93. The molecule has 0 N–H and O–H groups in total. The lowest BCUT2D eigenvalue weighted by Crippen LogP contribution is -2.03. The van der Waals surface area contributed by atoms with Crippen LogP contribution >= 0.6 is 0 Å². The van der Waals surface area contributed by atoms with E-state index in [0.717, 1.165) is 10.9 Å². The minimum absolute atomic E-state index is 0.0207. The Kier molecular flexibility index (Phi) is 2.60. The predicted molar refractivity (Wildman–Crippen MR) is 63.0 cm³/mol. The molecule has 0 unspecified atom stereocenters. The molecule has 1 aromatic carbocycles. The van der Waals surface area contributed by atoms with Crippen LogP contribution in [0.3, 0.4) is 0 Å². The van der Waals surface area contributed by atoms with Crippen molar-refractivity contribution in [1.29, 1.82) is 0 Å². The van der Waals surface area contributed by atoms with Crippen LogP contribution in [0.4, 0.5) is 0 Å². The first-order valence-corrected chi connectivity index (χ1v) is 5.09. The van der Waals surface area contributed by atoms with Gasteiger partial charge in [-0.25, -0.2) is 0 Å². The van der Waals surface area contributed by atoms with E-state index in [-0.39, 0.29) is 5.78 Å². The quantitative estimate of drug-likeness (QED) is 0.723. The maximum Gasteiger partial charge on any atom is 0.165 e. The van der Waals surface area contributed by atoms with Crippen LogP contribution in [0.2, 0.25) is 0 Å². The normalized spacial score (nSPS) is 10.4. The van der Waals surface area contributed by atoms with E-state index < -0.39 is 0 Å². The molecule has 1 aromatic heterocycles. The van der Waals surface area contributed by atoms with Crippen LogP contribution in [0.15, 0.2) is 24.3 Å². The summed E-state index contributed by atoms with van der Waals surface area (Å²) in [4.78, 5) is 16.0. The zero-order valence-electron chi connectivity index (χ0n) is 9.57. The molecule has 0 saturated heterocycles. The van der Waals surface area contributed by atoms with Crippen molar-refractivity contribution in [2.75, 3.05) is 7.11 Å². The minimum atomic E-state index is -0.0207. The van der Waals surface area contributed by atoms with Crippen molar-refractivity contribution in [2.45, 2.75) is 13.8 Å². The number of para-hydroxylation sites is 1. The number of pyridine rings is 1. The fourth-order valence-corrected chi connectivity index (χ4v) is 1.93. The van der Waals surface area contributed by atoms with E-state index in [2.05, 4.69) is 4.98 Å². The van der Waals surface area contributed by atoms with Gasteiger partial charge in [-0.1, -0.05) is 12.1 Å². The van der Waals surface area contributed by atoms with E-state index in [9.17, 15) is 4.79 Å². The third-order valence-electron chi connectivity index (χ3n) is 2.58. The van der Waals surface area contributed by atoms with Crippen LogP contribution in [0, 0.1) is 6.92 Å². The maximum absolute atomic E-state index is 11.6. The third-order valence-corrected chi connectivity index (χ3v) is 2.58. The highest BCUT2D eigenvalue weighted by Crippen LogP contribution is 2.30. The number of Topliss-reactive ketones (excluding diaryl/α,β-unsaturated/α-hetero) is 1. The van der Waals surface area contributed by atoms with Crippen LogP contribution in [0.5, 0.6) is 5.75 Å². The van der Waals surface area contributed by atoms with E-state index >= 15 is 0 Å². The fourth-order valence-electron chi connectivity index (χ4n) is 1.93. The number of aromatic nitrogens is 1. The first kappa shape index (κ1) is 10.6. The zero-order valence-corrected chi connectivity index (χ0v) is 9.57. The molecule has 0 aliphatic heterocycles. The highest BCUT2D eigenvalue weighted by Gasteiger charge is 2.16. The number of fused-ring (bicyclic) bond motifs is 1. The summed E-state index contributed by atoms with van der Waals surface area (Å²) in [5.41, 5.74) is 2.13. The molecule has 3 nitrogen and oxygen atoms in total. The molecule has 0 atom stereocenters. The largest absolute Gasteiger partial charge is 0.495 e. The van der Waals surface area contributed by atoms with Gasteiger partial charge in [0.05, 0.1) is 23.9 Å². The van der Waals surface area contributed by atoms with Gasteiger partial charge in [0.1, 0.15) is 5.75 Å². The number of rotatable bonds is 2. The minimum Gasteiger partial charge on any atom is -0.495 e. The first-order chi connectivity index (χ1) is 7.65. The summed E-state index contributed by atoms with van der Waals surface area (Å²) in [6.45, 7) is 3.35. The first-order valence-electron chi connectivity index (χ1n) is 5.09. The lowest BCUT2D eigenvalue weighted by atomic mass is 10.0. The topological polar surface area (TPSA) is 39.2 Å². The second-order valence-electron chi connectivity index (χ2n) is 3.68. The van der Waals surface area contributed by atoms with E-state index in [4.69, 9.17) is 4.74 Å². The number of aryl methyl sites for hydroxylation is 1. The number of ketones is 1. The summed E-state index contributed by atoms with van der Waals surface area (Å²) >= 11 is 0. The summed E-state index contributed by atoms with van der Waals surface area (Å²) in [6, 6.07) is 7.65. The van der Waals surface area contributed by atoms with E-state index in [1.54, 1.807) is 7.11 Å². The van der Waals surface area contributed by atoms with Crippen molar-refractivity contribution >= 4 is 16.7 Å². The Labute approximate surface area is 94.1 Å². The molecule has 2 rings (SSSR count). The molecule has 82 valence electrons. The van der Waals surface area contributed by atoms with Crippen LogP contribution < -0.4 is 4.74 Å². The average molecular weight is 215 g/mol. The number of carbonyl (C=O) groups excluding carboxylic acids is 1. The molecule has 0 bridgehead atoms. The molecule has 2 aromatic rings. The Morgan fingerprint density at radius 3 is 2.62 bits per heavy atom. The molecule has 16 heavy (non-hydrogen) atoms. The number of methoxy groups -OCH3 is 1. The Balaban J connectivity index is 2.90. The highest BCUT2D eigenvalue weighted by molar-refractivity contribution is 6.03. The van der Waals surface area contributed by atoms with Crippen molar-refractivity contribution in [2.24, 2.45) is 0 Å². The number of hydrogen-bond donors (Lipinski definition) is 0. The van der Waals surface area contributed by atoms with Crippen LogP contribution in [-0.4, -0.2) is 17.9 Å². The second-order valence-corrected chi connectivity index (χ2v) is 3.68. The molecule has 0 spiro atoms. The van der Waals surface area contributed by atoms with E-state index in [0.29, 0.717) is 17.0 Å². The molecule has 0 saturated carbocycles. The third kappa shape index (κ3) is 1.54. The van der Waals surface area contributed by atoms with Crippen molar-refractivity contribution < 1.29 is 9.53 Å². The van der Waals surface area contributed by atoms with Gasteiger partial charge >= 0.3 is 0 Å². The van der Waals surface area contributed by atoms with Crippen LogP contribution in [0.25, 0.3) is 10.9 Å².